The van der Waals surface area contributed by atoms with Gasteiger partial charge in [0.05, 0.1) is 23.8 Å². The third kappa shape index (κ3) is 1.76. The molecule has 0 radical (unpaired) electrons. The third-order valence-electron chi connectivity index (χ3n) is 2.39. The molecular weight excluding hydrogens is 216 g/mol. The molecule has 0 atom stereocenters. The number of aromatic nitrogens is 5. The Bertz CT molecular complexity index is 624. The minimum absolute atomic E-state index is 0.370. The molecule has 0 aliphatic carbocycles. The van der Waals surface area contributed by atoms with Gasteiger partial charge in [-0.15, -0.1) is 5.10 Å². The quantitative estimate of drug-likeness (QED) is 0.688. The van der Waals surface area contributed by atoms with E-state index in [2.05, 4.69) is 20.3 Å². The molecule has 17 heavy (non-hydrogen) atoms. The fraction of sp³-hybridized carbons (Fsp3) is 0. The first-order valence-corrected chi connectivity index (χ1v) is 5.11. The van der Waals surface area contributed by atoms with Gasteiger partial charge < -0.3 is 10.7 Å². The number of imidazole rings is 1. The molecule has 0 aliphatic heterocycles. The van der Waals surface area contributed by atoms with Gasteiger partial charge in [-0.05, 0) is 12.1 Å². The number of rotatable bonds is 2. The lowest BCUT2D eigenvalue weighted by Gasteiger charge is -1.96. The van der Waals surface area contributed by atoms with E-state index in [0.717, 1.165) is 11.4 Å². The standard InChI is InChI=1S/C11H10N6/c12-11-13-6-9(14-11)10-7-17(16-15-10)8-4-2-1-3-5-8/h1-7H,(H3,12,13,14). The van der Waals surface area contributed by atoms with Crippen molar-refractivity contribution in [2.45, 2.75) is 0 Å². The number of H-pyrrole nitrogens is 1. The highest BCUT2D eigenvalue weighted by Crippen LogP contribution is 2.15. The minimum atomic E-state index is 0.370. The van der Waals surface area contributed by atoms with Gasteiger partial charge in [-0.25, -0.2) is 9.67 Å². The van der Waals surface area contributed by atoms with Gasteiger partial charge in [-0.3, -0.25) is 0 Å². The van der Waals surface area contributed by atoms with Crippen LogP contribution >= 0.6 is 0 Å². The zero-order valence-corrected chi connectivity index (χ0v) is 8.91. The summed E-state index contributed by atoms with van der Waals surface area (Å²) < 4.78 is 1.70. The number of anilines is 1. The van der Waals surface area contributed by atoms with Crippen LogP contribution in [0.3, 0.4) is 0 Å². The van der Waals surface area contributed by atoms with Crippen LogP contribution in [0, 0.1) is 0 Å². The number of nitrogens with one attached hydrogen (secondary N) is 1. The summed E-state index contributed by atoms with van der Waals surface area (Å²) in [6.45, 7) is 0. The van der Waals surface area contributed by atoms with Crippen LogP contribution in [0.1, 0.15) is 0 Å². The maximum atomic E-state index is 5.51. The maximum Gasteiger partial charge on any atom is 0.197 e. The average Bonchev–Trinajstić information content (AvgIpc) is 2.98. The van der Waals surface area contributed by atoms with Crippen molar-refractivity contribution < 1.29 is 0 Å². The van der Waals surface area contributed by atoms with Gasteiger partial charge in [0.15, 0.2) is 5.95 Å². The zero-order valence-electron chi connectivity index (χ0n) is 8.91. The molecule has 2 heterocycles. The molecule has 3 N–H and O–H groups in total. The first kappa shape index (κ1) is 9.59. The van der Waals surface area contributed by atoms with Crippen molar-refractivity contribution in [1.82, 2.24) is 25.0 Å². The van der Waals surface area contributed by atoms with E-state index in [9.17, 15) is 0 Å². The molecule has 0 saturated heterocycles. The van der Waals surface area contributed by atoms with E-state index >= 15 is 0 Å². The van der Waals surface area contributed by atoms with E-state index in [1.807, 2.05) is 36.5 Å². The Kier molecular flexibility index (Phi) is 2.11. The summed E-state index contributed by atoms with van der Waals surface area (Å²) in [6.07, 6.45) is 3.46. The molecule has 0 spiro atoms. The second-order valence-corrected chi connectivity index (χ2v) is 3.57. The van der Waals surface area contributed by atoms with Gasteiger partial charge in [0.2, 0.25) is 0 Å². The van der Waals surface area contributed by atoms with Crippen molar-refractivity contribution in [2.75, 3.05) is 5.73 Å². The van der Waals surface area contributed by atoms with E-state index in [1.54, 1.807) is 10.9 Å². The van der Waals surface area contributed by atoms with Crippen molar-refractivity contribution in [2.24, 2.45) is 0 Å². The number of nitrogen functional groups attached to an aromatic ring is 1. The normalized spacial score (nSPS) is 10.6. The molecule has 0 unspecified atom stereocenters. The Balaban J connectivity index is 1.99. The Hall–Kier alpha value is -2.63. The monoisotopic (exact) mass is 226 g/mol. The number of hydrogen-bond donors (Lipinski definition) is 2. The summed E-state index contributed by atoms with van der Waals surface area (Å²) in [5.74, 6) is 0.370. The molecule has 1 aromatic carbocycles. The zero-order chi connectivity index (χ0) is 11.7. The van der Waals surface area contributed by atoms with Crippen LogP contribution in [0.15, 0.2) is 42.7 Å². The van der Waals surface area contributed by atoms with Crippen LogP contribution in [0.5, 0.6) is 0 Å². The average molecular weight is 226 g/mol. The molecular formula is C11H10N6. The molecule has 6 heteroatoms. The van der Waals surface area contributed by atoms with Crippen LogP contribution in [0.2, 0.25) is 0 Å². The fourth-order valence-corrected chi connectivity index (χ4v) is 1.56. The second kappa shape index (κ2) is 3.75. The molecule has 0 amide bonds. The predicted molar refractivity (Wildman–Crippen MR) is 63.4 cm³/mol. The number of aromatic amines is 1. The number of para-hydroxylation sites is 1. The number of nitrogens with zero attached hydrogens (tertiary/aromatic N) is 4. The van der Waals surface area contributed by atoms with Crippen LogP contribution in [-0.2, 0) is 0 Å². The number of hydrogen-bond acceptors (Lipinski definition) is 4. The lowest BCUT2D eigenvalue weighted by atomic mass is 10.3. The van der Waals surface area contributed by atoms with Crippen molar-refractivity contribution in [3.05, 3.63) is 42.7 Å². The molecule has 0 saturated carbocycles. The molecule has 2 aromatic heterocycles. The smallest absolute Gasteiger partial charge is 0.197 e. The van der Waals surface area contributed by atoms with Crippen LogP contribution in [0.25, 0.3) is 17.1 Å². The summed E-state index contributed by atoms with van der Waals surface area (Å²) in [6, 6.07) is 9.77. The molecule has 6 nitrogen and oxygen atoms in total. The number of nitrogens with two attached hydrogens (primary N) is 1. The molecule has 3 rings (SSSR count). The largest absolute Gasteiger partial charge is 0.369 e. The van der Waals surface area contributed by atoms with E-state index in [-0.39, 0.29) is 0 Å². The summed E-state index contributed by atoms with van der Waals surface area (Å²) in [7, 11) is 0. The molecule has 0 fully saturated rings. The molecule has 84 valence electrons. The predicted octanol–water partition coefficient (Wildman–Crippen LogP) is 1.24. The highest BCUT2D eigenvalue weighted by Gasteiger charge is 2.07. The van der Waals surface area contributed by atoms with Crippen molar-refractivity contribution in [1.29, 1.82) is 0 Å². The highest BCUT2D eigenvalue weighted by molar-refractivity contribution is 5.54. The van der Waals surface area contributed by atoms with Gasteiger partial charge in [0.1, 0.15) is 5.69 Å². The van der Waals surface area contributed by atoms with Gasteiger partial charge in [0.25, 0.3) is 0 Å². The van der Waals surface area contributed by atoms with Crippen molar-refractivity contribution >= 4 is 5.95 Å². The van der Waals surface area contributed by atoms with Crippen LogP contribution in [0.4, 0.5) is 5.95 Å². The van der Waals surface area contributed by atoms with E-state index in [1.165, 1.54) is 0 Å². The van der Waals surface area contributed by atoms with Crippen LogP contribution in [-0.4, -0.2) is 25.0 Å². The van der Waals surface area contributed by atoms with Gasteiger partial charge in [-0.1, -0.05) is 23.4 Å². The van der Waals surface area contributed by atoms with E-state index < -0.39 is 0 Å². The summed E-state index contributed by atoms with van der Waals surface area (Å²) >= 11 is 0. The van der Waals surface area contributed by atoms with Gasteiger partial charge >= 0.3 is 0 Å². The summed E-state index contributed by atoms with van der Waals surface area (Å²) in [5, 5.41) is 8.11. The third-order valence-corrected chi connectivity index (χ3v) is 2.39. The number of benzene rings is 1. The van der Waals surface area contributed by atoms with Crippen LogP contribution < -0.4 is 5.73 Å². The lowest BCUT2D eigenvalue weighted by Crippen LogP contribution is -1.93. The van der Waals surface area contributed by atoms with Gasteiger partial charge in [0, 0.05) is 0 Å². The topological polar surface area (TPSA) is 85.4 Å². The Morgan fingerprint density at radius 1 is 1.18 bits per heavy atom. The molecule has 0 aliphatic rings. The summed E-state index contributed by atoms with van der Waals surface area (Å²) in [4.78, 5) is 6.83. The Labute approximate surface area is 97.1 Å². The fourth-order valence-electron chi connectivity index (χ4n) is 1.56. The minimum Gasteiger partial charge on any atom is -0.369 e. The maximum absolute atomic E-state index is 5.51. The van der Waals surface area contributed by atoms with Crippen molar-refractivity contribution in [3.63, 3.8) is 0 Å². The first-order chi connectivity index (χ1) is 8.33. The lowest BCUT2D eigenvalue weighted by molar-refractivity contribution is 0.804. The highest BCUT2D eigenvalue weighted by atomic mass is 15.4. The second-order valence-electron chi connectivity index (χ2n) is 3.57. The van der Waals surface area contributed by atoms with Gasteiger partial charge in [-0.2, -0.15) is 0 Å². The SMILES string of the molecule is Nc1ncc(-c2cn(-c3ccccc3)nn2)[nH]1. The van der Waals surface area contributed by atoms with E-state index in [4.69, 9.17) is 5.73 Å². The molecule has 3 aromatic rings. The Morgan fingerprint density at radius 3 is 2.71 bits per heavy atom. The summed E-state index contributed by atoms with van der Waals surface area (Å²) in [5.41, 5.74) is 7.93. The molecule has 0 bridgehead atoms. The first-order valence-electron chi connectivity index (χ1n) is 5.11. The Morgan fingerprint density at radius 2 is 2.00 bits per heavy atom. The van der Waals surface area contributed by atoms with E-state index in [0.29, 0.717) is 11.6 Å². The van der Waals surface area contributed by atoms with Crippen molar-refractivity contribution in [3.8, 4) is 17.1 Å².